The number of rotatable bonds is 3. The van der Waals surface area contributed by atoms with Crippen molar-refractivity contribution >= 4 is 28.8 Å². The van der Waals surface area contributed by atoms with Gasteiger partial charge in [-0.05, 0) is 49.3 Å². The molecule has 0 unspecified atom stereocenters. The van der Waals surface area contributed by atoms with Crippen LogP contribution in [0.5, 0.6) is 0 Å². The number of nitrogens with zero attached hydrogens (tertiary/aromatic N) is 2. The van der Waals surface area contributed by atoms with E-state index in [0.717, 1.165) is 35.4 Å². The van der Waals surface area contributed by atoms with Gasteiger partial charge in [0.15, 0.2) is 0 Å². The molecule has 0 saturated heterocycles. The highest BCUT2D eigenvalue weighted by atomic mass is 32.1. The van der Waals surface area contributed by atoms with Gasteiger partial charge in [-0.25, -0.2) is 0 Å². The van der Waals surface area contributed by atoms with Crippen LogP contribution >= 0.6 is 11.3 Å². The largest absolute Gasteiger partial charge is 0.333 e. The lowest BCUT2D eigenvalue weighted by Gasteiger charge is -2.46. The molecule has 1 aliphatic heterocycles. The molecule has 4 nitrogen and oxygen atoms in total. The van der Waals surface area contributed by atoms with E-state index in [9.17, 15) is 9.59 Å². The maximum absolute atomic E-state index is 13.2. The van der Waals surface area contributed by atoms with Crippen LogP contribution in [-0.4, -0.2) is 28.8 Å². The summed E-state index contributed by atoms with van der Waals surface area (Å²) < 4.78 is 0. The van der Waals surface area contributed by atoms with Crippen LogP contribution in [0.2, 0.25) is 0 Å². The molecule has 1 saturated carbocycles. The van der Waals surface area contributed by atoms with Gasteiger partial charge in [-0.2, -0.15) is 0 Å². The van der Waals surface area contributed by atoms with E-state index in [1.807, 2.05) is 40.6 Å². The number of carbonyl (C=O) groups is 2. The van der Waals surface area contributed by atoms with Crippen molar-refractivity contribution in [3.63, 3.8) is 0 Å². The fourth-order valence-electron chi connectivity index (χ4n) is 4.96. The summed E-state index contributed by atoms with van der Waals surface area (Å²) in [6, 6.07) is 12.3. The molecule has 1 aromatic heterocycles. The van der Waals surface area contributed by atoms with E-state index in [0.29, 0.717) is 6.04 Å². The molecule has 2 amide bonds. The number of benzene rings is 1. The zero-order valence-electron chi connectivity index (χ0n) is 16.6. The van der Waals surface area contributed by atoms with Gasteiger partial charge in [-0.15, -0.1) is 11.3 Å². The molecule has 0 radical (unpaired) electrons. The zero-order chi connectivity index (χ0) is 19.7. The summed E-state index contributed by atoms with van der Waals surface area (Å²) in [5.41, 5.74) is 2.05. The first-order chi connectivity index (χ1) is 13.6. The van der Waals surface area contributed by atoms with Crippen LogP contribution in [0.1, 0.15) is 73.6 Å². The quantitative estimate of drug-likeness (QED) is 0.696. The van der Waals surface area contributed by atoms with Gasteiger partial charge >= 0.3 is 0 Å². The molecule has 0 N–H and O–H groups in total. The summed E-state index contributed by atoms with van der Waals surface area (Å²) in [4.78, 5) is 30.7. The van der Waals surface area contributed by atoms with Gasteiger partial charge in [-0.3, -0.25) is 9.59 Å². The van der Waals surface area contributed by atoms with E-state index < -0.39 is 0 Å². The number of para-hydroxylation sites is 1. The summed E-state index contributed by atoms with van der Waals surface area (Å²) in [5.74, 6) is 0.206. The van der Waals surface area contributed by atoms with Crippen LogP contribution in [0.25, 0.3) is 0 Å². The van der Waals surface area contributed by atoms with Crippen molar-refractivity contribution in [3.05, 3.63) is 52.2 Å². The Morgan fingerprint density at radius 1 is 1.07 bits per heavy atom. The molecule has 1 fully saturated rings. The summed E-state index contributed by atoms with van der Waals surface area (Å²) in [6.45, 7) is 3.80. The average Bonchev–Trinajstić information content (AvgIpc) is 3.23. The normalized spacial score (nSPS) is 22.6. The molecular weight excluding hydrogens is 368 g/mol. The van der Waals surface area contributed by atoms with Crippen LogP contribution in [0.15, 0.2) is 41.8 Å². The maximum Gasteiger partial charge on any atom is 0.268 e. The van der Waals surface area contributed by atoms with Gasteiger partial charge in [0.05, 0.1) is 10.9 Å². The first-order valence-corrected chi connectivity index (χ1v) is 11.2. The van der Waals surface area contributed by atoms with Crippen LogP contribution in [0.4, 0.5) is 5.69 Å². The molecule has 4 rings (SSSR count). The van der Waals surface area contributed by atoms with Crippen LogP contribution in [-0.2, 0) is 4.79 Å². The Morgan fingerprint density at radius 3 is 2.50 bits per heavy atom. The second-order valence-electron chi connectivity index (χ2n) is 8.03. The van der Waals surface area contributed by atoms with Gasteiger partial charge < -0.3 is 9.80 Å². The van der Waals surface area contributed by atoms with E-state index in [1.54, 1.807) is 6.92 Å². The van der Waals surface area contributed by atoms with E-state index >= 15 is 0 Å². The van der Waals surface area contributed by atoms with E-state index in [2.05, 4.69) is 17.9 Å². The maximum atomic E-state index is 13.2. The van der Waals surface area contributed by atoms with Crippen molar-refractivity contribution in [1.82, 2.24) is 4.90 Å². The number of amides is 2. The minimum Gasteiger partial charge on any atom is -0.333 e. The molecule has 28 heavy (non-hydrogen) atoms. The average molecular weight is 397 g/mol. The Labute approximate surface area is 171 Å². The van der Waals surface area contributed by atoms with Crippen molar-refractivity contribution in [1.29, 1.82) is 0 Å². The van der Waals surface area contributed by atoms with Gasteiger partial charge in [0, 0.05) is 24.7 Å². The number of hydrogen-bond donors (Lipinski definition) is 0. The molecule has 1 aromatic carbocycles. The monoisotopic (exact) mass is 396 g/mol. The summed E-state index contributed by atoms with van der Waals surface area (Å²) in [6.07, 6.45) is 6.62. The highest BCUT2D eigenvalue weighted by Crippen LogP contribution is 2.43. The first-order valence-electron chi connectivity index (χ1n) is 10.3. The van der Waals surface area contributed by atoms with Crippen LogP contribution in [0, 0.1) is 0 Å². The fourth-order valence-corrected chi connectivity index (χ4v) is 5.62. The zero-order valence-corrected chi connectivity index (χ0v) is 17.5. The standard InChI is InChI=1S/C23H28N2O2S/c1-16-15-21(25(17(2)26)18-9-4-3-5-10-18)19-11-6-7-12-20(19)24(16)23(27)22-13-8-14-28-22/h6-8,11-14,16,18,21H,3-5,9-10,15H2,1-2H3/t16-,21+/m0/s1. The third-order valence-electron chi connectivity index (χ3n) is 6.18. The van der Waals surface area contributed by atoms with E-state index in [4.69, 9.17) is 0 Å². The Balaban J connectivity index is 1.72. The van der Waals surface area contributed by atoms with E-state index in [-0.39, 0.29) is 23.9 Å². The number of anilines is 1. The number of thiophene rings is 1. The molecule has 148 valence electrons. The second kappa shape index (κ2) is 8.08. The SMILES string of the molecule is CC(=O)N(C1CCCCC1)[C@@H]1C[C@H](C)N(C(=O)c2cccs2)c2ccccc21. The summed E-state index contributed by atoms with van der Waals surface area (Å²) >= 11 is 1.48. The third-order valence-corrected chi connectivity index (χ3v) is 7.04. The third kappa shape index (κ3) is 3.48. The highest BCUT2D eigenvalue weighted by Gasteiger charge is 2.40. The summed E-state index contributed by atoms with van der Waals surface area (Å²) in [7, 11) is 0. The van der Waals surface area contributed by atoms with Gasteiger partial charge in [0.2, 0.25) is 5.91 Å². The molecule has 2 aliphatic rings. The fraction of sp³-hybridized carbons (Fsp3) is 0.478. The molecule has 0 bridgehead atoms. The molecule has 1 aliphatic carbocycles. The lowest BCUT2D eigenvalue weighted by atomic mass is 9.86. The molecule has 2 aromatic rings. The predicted octanol–water partition coefficient (Wildman–Crippen LogP) is 5.41. The van der Waals surface area contributed by atoms with Gasteiger partial charge in [0.1, 0.15) is 0 Å². The topological polar surface area (TPSA) is 40.6 Å². The van der Waals surface area contributed by atoms with Crippen molar-refractivity contribution < 1.29 is 9.59 Å². The molecule has 2 heterocycles. The second-order valence-corrected chi connectivity index (χ2v) is 8.98. The Morgan fingerprint density at radius 2 is 1.82 bits per heavy atom. The van der Waals surface area contributed by atoms with Gasteiger partial charge in [-0.1, -0.05) is 43.5 Å². The Hall–Kier alpha value is -2.14. The molecular formula is C23H28N2O2S. The lowest BCUT2D eigenvalue weighted by Crippen LogP contribution is -2.50. The predicted molar refractivity (Wildman–Crippen MR) is 114 cm³/mol. The highest BCUT2D eigenvalue weighted by molar-refractivity contribution is 7.12. The smallest absolute Gasteiger partial charge is 0.268 e. The Bertz CT molecular complexity index is 842. The van der Waals surface area contributed by atoms with Crippen LogP contribution < -0.4 is 4.90 Å². The molecule has 0 spiro atoms. The molecule has 5 heteroatoms. The first kappa shape index (κ1) is 19.2. The van der Waals surface area contributed by atoms with Crippen molar-refractivity contribution in [2.45, 2.75) is 70.5 Å². The number of hydrogen-bond acceptors (Lipinski definition) is 3. The van der Waals surface area contributed by atoms with E-state index in [1.165, 1.54) is 30.6 Å². The summed E-state index contributed by atoms with van der Waals surface area (Å²) in [5, 5.41) is 1.94. The molecule has 2 atom stereocenters. The number of carbonyl (C=O) groups excluding carboxylic acids is 2. The van der Waals surface area contributed by atoms with Crippen LogP contribution in [0.3, 0.4) is 0 Å². The van der Waals surface area contributed by atoms with Crippen molar-refractivity contribution in [3.8, 4) is 0 Å². The van der Waals surface area contributed by atoms with Crippen molar-refractivity contribution in [2.24, 2.45) is 0 Å². The minimum atomic E-state index is 0.0409. The van der Waals surface area contributed by atoms with Crippen molar-refractivity contribution in [2.75, 3.05) is 4.90 Å². The number of fused-ring (bicyclic) bond motifs is 1. The Kier molecular flexibility index (Phi) is 5.54. The minimum absolute atomic E-state index is 0.0409. The lowest BCUT2D eigenvalue weighted by molar-refractivity contribution is -0.135. The van der Waals surface area contributed by atoms with Gasteiger partial charge in [0.25, 0.3) is 5.91 Å².